The van der Waals surface area contributed by atoms with Crippen LogP contribution in [-0.4, -0.2) is 22.6 Å². The van der Waals surface area contributed by atoms with Crippen LogP contribution in [0, 0.1) is 0 Å². The summed E-state index contributed by atoms with van der Waals surface area (Å²) < 4.78 is 25.5. The first-order chi connectivity index (χ1) is 9.18. The van der Waals surface area contributed by atoms with Gasteiger partial charge in [-0.15, -0.1) is 20.5 Å². The molecule has 3 aromatic rings. The minimum atomic E-state index is -3.66. The molecule has 0 saturated heterocycles. The first-order valence-corrected chi connectivity index (χ1v) is 7.76. The fraction of sp³-hybridized carbons (Fsp3) is 0. The number of aromatic nitrogens is 3. The number of nitrogens with zero attached hydrogens (tertiary/aromatic N) is 3. The molecule has 19 heavy (non-hydrogen) atoms. The van der Waals surface area contributed by atoms with Gasteiger partial charge in [0.15, 0.2) is 5.82 Å². The Labute approximate surface area is 114 Å². The van der Waals surface area contributed by atoms with Crippen molar-refractivity contribution in [3.05, 3.63) is 54.2 Å². The molecule has 0 unspecified atom stereocenters. The zero-order valence-corrected chi connectivity index (χ0v) is 11.3. The summed E-state index contributed by atoms with van der Waals surface area (Å²) in [6.07, 6.45) is 1.22. The maximum atomic E-state index is 12.3. The average molecular weight is 291 g/mol. The van der Waals surface area contributed by atoms with E-state index in [-0.39, 0.29) is 4.90 Å². The fourth-order valence-corrected chi connectivity index (χ4v) is 3.32. The summed E-state index contributed by atoms with van der Waals surface area (Å²) in [5.74, 6) is 0.412. The Balaban J connectivity index is 2.04. The highest BCUT2D eigenvalue weighted by Crippen LogP contribution is 2.21. The van der Waals surface area contributed by atoms with E-state index in [0.29, 0.717) is 5.82 Å². The lowest BCUT2D eigenvalue weighted by Gasteiger charge is -2.02. The van der Waals surface area contributed by atoms with Crippen molar-refractivity contribution in [3.63, 3.8) is 0 Å². The summed E-state index contributed by atoms with van der Waals surface area (Å²) in [4.78, 5) is 5.06. The van der Waals surface area contributed by atoms with Gasteiger partial charge in [0.1, 0.15) is 6.33 Å². The molecule has 0 amide bonds. The number of benzene rings is 1. The summed E-state index contributed by atoms with van der Waals surface area (Å²) >= 11 is 1.46. The van der Waals surface area contributed by atoms with E-state index < -0.39 is 10.0 Å². The molecule has 3 rings (SSSR count). The Morgan fingerprint density at radius 2 is 1.84 bits per heavy atom. The molecule has 96 valence electrons. The first-order valence-electron chi connectivity index (χ1n) is 5.44. The molecule has 0 aliphatic heterocycles. The van der Waals surface area contributed by atoms with E-state index in [4.69, 9.17) is 0 Å². The second kappa shape index (κ2) is 4.60. The van der Waals surface area contributed by atoms with E-state index in [0.717, 1.165) is 8.96 Å². The summed E-state index contributed by atoms with van der Waals surface area (Å²) in [6, 6.07) is 11.9. The average Bonchev–Trinajstić information content (AvgIpc) is 3.10. The second-order valence-electron chi connectivity index (χ2n) is 3.74. The van der Waals surface area contributed by atoms with Gasteiger partial charge in [-0.2, -0.15) is 8.42 Å². The van der Waals surface area contributed by atoms with Crippen LogP contribution in [0.2, 0.25) is 0 Å². The van der Waals surface area contributed by atoms with Gasteiger partial charge < -0.3 is 0 Å². The maximum Gasteiger partial charge on any atom is 0.284 e. The van der Waals surface area contributed by atoms with Gasteiger partial charge in [0, 0.05) is 0 Å². The SMILES string of the molecule is O=S(=O)(c1ccccc1)n1cnc(-c2cccs2)n1. The Bertz CT molecular complexity index is 778. The normalized spacial score (nSPS) is 11.6. The van der Waals surface area contributed by atoms with Gasteiger partial charge in [-0.1, -0.05) is 24.3 Å². The van der Waals surface area contributed by atoms with E-state index in [1.165, 1.54) is 29.8 Å². The van der Waals surface area contributed by atoms with Crippen LogP contribution >= 0.6 is 11.3 Å². The zero-order valence-electron chi connectivity index (χ0n) is 9.67. The van der Waals surface area contributed by atoms with Crippen LogP contribution in [0.25, 0.3) is 10.7 Å². The molecule has 5 nitrogen and oxygen atoms in total. The molecule has 1 aromatic carbocycles. The standard InChI is InChI=1S/C12H9N3O2S2/c16-19(17,10-5-2-1-3-6-10)15-9-13-12(14-15)11-7-4-8-18-11/h1-9H. The third kappa shape index (κ3) is 2.18. The van der Waals surface area contributed by atoms with Crippen molar-refractivity contribution in [1.29, 1.82) is 0 Å². The molecule has 0 radical (unpaired) electrons. The fourth-order valence-electron chi connectivity index (χ4n) is 1.58. The van der Waals surface area contributed by atoms with E-state index >= 15 is 0 Å². The quantitative estimate of drug-likeness (QED) is 0.742. The lowest BCUT2D eigenvalue weighted by Crippen LogP contribution is -2.13. The molecule has 0 bridgehead atoms. The monoisotopic (exact) mass is 291 g/mol. The lowest BCUT2D eigenvalue weighted by molar-refractivity contribution is 0.580. The van der Waals surface area contributed by atoms with Gasteiger partial charge in [-0.05, 0) is 23.6 Å². The number of hydrogen-bond acceptors (Lipinski definition) is 5. The molecule has 2 aromatic heterocycles. The minimum Gasteiger partial charge on any atom is -0.213 e. The van der Waals surface area contributed by atoms with Crippen molar-refractivity contribution in [2.24, 2.45) is 0 Å². The van der Waals surface area contributed by atoms with E-state index in [1.807, 2.05) is 17.5 Å². The van der Waals surface area contributed by atoms with Crippen molar-refractivity contribution in [2.45, 2.75) is 4.90 Å². The molecule has 0 fully saturated rings. The second-order valence-corrected chi connectivity index (χ2v) is 6.48. The van der Waals surface area contributed by atoms with Gasteiger partial charge in [0.2, 0.25) is 0 Å². The molecule has 0 N–H and O–H groups in total. The smallest absolute Gasteiger partial charge is 0.213 e. The Kier molecular flexibility index (Phi) is 2.92. The maximum absolute atomic E-state index is 12.3. The van der Waals surface area contributed by atoms with Crippen LogP contribution in [0.1, 0.15) is 0 Å². The molecule has 0 spiro atoms. The molecule has 0 aliphatic rings. The summed E-state index contributed by atoms with van der Waals surface area (Å²) in [6.45, 7) is 0. The molecule has 0 atom stereocenters. The molecule has 0 aliphatic carbocycles. The highest BCUT2D eigenvalue weighted by atomic mass is 32.2. The predicted octanol–water partition coefficient (Wildman–Crippen LogP) is 2.24. The largest absolute Gasteiger partial charge is 0.284 e. The van der Waals surface area contributed by atoms with Crippen molar-refractivity contribution in [1.82, 2.24) is 14.2 Å². The van der Waals surface area contributed by atoms with Crippen LogP contribution in [0.3, 0.4) is 0 Å². The van der Waals surface area contributed by atoms with Gasteiger partial charge >= 0.3 is 0 Å². The summed E-state index contributed by atoms with van der Waals surface area (Å²) in [5.41, 5.74) is 0. The zero-order chi connectivity index (χ0) is 13.3. The Hall–Kier alpha value is -1.99. The van der Waals surface area contributed by atoms with Crippen molar-refractivity contribution >= 4 is 21.4 Å². The number of thiophene rings is 1. The van der Waals surface area contributed by atoms with Gasteiger partial charge in [-0.3, -0.25) is 0 Å². The molecular formula is C12H9N3O2S2. The molecule has 7 heteroatoms. The molecule has 0 saturated carbocycles. The van der Waals surface area contributed by atoms with Crippen LogP contribution < -0.4 is 0 Å². The highest BCUT2D eigenvalue weighted by Gasteiger charge is 2.18. The van der Waals surface area contributed by atoms with Crippen LogP contribution in [0.4, 0.5) is 0 Å². The van der Waals surface area contributed by atoms with Crippen molar-refractivity contribution < 1.29 is 8.42 Å². The van der Waals surface area contributed by atoms with Crippen LogP contribution in [0.5, 0.6) is 0 Å². The summed E-state index contributed by atoms with van der Waals surface area (Å²) in [5, 5.41) is 5.92. The van der Waals surface area contributed by atoms with E-state index in [2.05, 4.69) is 10.1 Å². The van der Waals surface area contributed by atoms with Crippen molar-refractivity contribution in [2.75, 3.05) is 0 Å². The minimum absolute atomic E-state index is 0.192. The summed E-state index contributed by atoms with van der Waals surface area (Å²) in [7, 11) is -3.66. The van der Waals surface area contributed by atoms with Gasteiger partial charge in [0.05, 0.1) is 9.77 Å². The third-order valence-corrected chi connectivity index (χ3v) is 4.90. The van der Waals surface area contributed by atoms with Crippen molar-refractivity contribution in [3.8, 4) is 10.7 Å². The first kappa shape index (κ1) is 12.1. The highest BCUT2D eigenvalue weighted by molar-refractivity contribution is 7.89. The predicted molar refractivity (Wildman–Crippen MR) is 72.4 cm³/mol. The number of rotatable bonds is 3. The Morgan fingerprint density at radius 3 is 2.53 bits per heavy atom. The third-order valence-electron chi connectivity index (χ3n) is 2.50. The van der Waals surface area contributed by atoms with E-state index in [9.17, 15) is 8.42 Å². The van der Waals surface area contributed by atoms with E-state index in [1.54, 1.807) is 18.2 Å². The lowest BCUT2D eigenvalue weighted by atomic mass is 10.4. The Morgan fingerprint density at radius 1 is 1.05 bits per heavy atom. The van der Waals surface area contributed by atoms with Crippen LogP contribution in [-0.2, 0) is 10.0 Å². The topological polar surface area (TPSA) is 64.8 Å². The van der Waals surface area contributed by atoms with Crippen LogP contribution in [0.15, 0.2) is 59.1 Å². The molecular weight excluding hydrogens is 282 g/mol. The number of hydrogen-bond donors (Lipinski definition) is 0. The van der Waals surface area contributed by atoms with Gasteiger partial charge in [-0.25, -0.2) is 4.98 Å². The molecule has 2 heterocycles. The van der Waals surface area contributed by atoms with Gasteiger partial charge in [0.25, 0.3) is 10.0 Å².